The maximum atomic E-state index is 2.24. The molecule has 0 saturated carbocycles. The first-order valence-corrected chi connectivity index (χ1v) is 4.65. The van der Waals surface area contributed by atoms with E-state index in [0.717, 1.165) is 0 Å². The van der Waals surface area contributed by atoms with Crippen molar-refractivity contribution >= 4 is 0 Å². The van der Waals surface area contributed by atoms with Crippen LogP contribution in [0, 0.1) is 20.8 Å². The molecule has 0 aromatic heterocycles. The van der Waals surface area contributed by atoms with E-state index in [1.165, 1.54) is 27.8 Å². The van der Waals surface area contributed by atoms with E-state index in [4.69, 9.17) is 0 Å². The lowest BCUT2D eigenvalue weighted by Gasteiger charge is -1.97. The third kappa shape index (κ3) is 1.33. The Balaban J connectivity index is 2.80. The van der Waals surface area contributed by atoms with Crippen molar-refractivity contribution in [2.45, 2.75) is 20.8 Å². The molecule has 0 nitrogen and oxygen atoms in total. The zero-order valence-electron chi connectivity index (χ0n) is 8.39. The quantitative estimate of drug-likeness (QED) is 0.565. The molecule has 0 heterocycles. The molecule has 0 atom stereocenters. The molecule has 0 aromatic carbocycles. The molecule has 0 radical (unpaired) electrons. The Morgan fingerprint density at radius 2 is 1.31 bits per heavy atom. The minimum atomic E-state index is 1.33. The van der Waals surface area contributed by atoms with E-state index in [-0.39, 0.29) is 0 Å². The smallest absolute Gasteiger partial charge is 0.0152 e. The Kier molecular flexibility index (Phi) is 1.84. The highest BCUT2D eigenvalue weighted by atomic mass is 14.1. The fourth-order valence-electron chi connectivity index (χ4n) is 1.85. The molecule has 0 unspecified atom stereocenters. The van der Waals surface area contributed by atoms with E-state index < -0.39 is 0 Å². The van der Waals surface area contributed by atoms with Crippen molar-refractivity contribution in [3.63, 3.8) is 0 Å². The van der Waals surface area contributed by atoms with E-state index in [2.05, 4.69) is 51.1 Å². The molecule has 0 aliphatic heterocycles. The predicted molar refractivity (Wildman–Crippen MR) is 57.3 cm³/mol. The van der Waals surface area contributed by atoms with Gasteiger partial charge in [-0.05, 0) is 43.0 Å². The van der Waals surface area contributed by atoms with Crippen LogP contribution in [-0.2, 0) is 0 Å². The fourth-order valence-corrected chi connectivity index (χ4v) is 1.85. The molecule has 0 aromatic rings. The molecular weight excluding hydrogens is 156 g/mol. The first-order chi connectivity index (χ1) is 6.18. The summed E-state index contributed by atoms with van der Waals surface area (Å²) in [5, 5.41) is 0. The van der Waals surface area contributed by atoms with Crippen LogP contribution in [0.4, 0.5) is 0 Å². The van der Waals surface area contributed by atoms with Crippen LogP contribution in [0.5, 0.6) is 0 Å². The van der Waals surface area contributed by atoms with Crippen LogP contribution >= 0.6 is 0 Å². The highest BCUT2D eigenvalue weighted by Crippen LogP contribution is 2.29. The average Bonchev–Trinajstić information content (AvgIpc) is 2.36. The summed E-state index contributed by atoms with van der Waals surface area (Å²) >= 11 is 0. The lowest BCUT2D eigenvalue weighted by atomic mass is 10.1. The van der Waals surface area contributed by atoms with Gasteiger partial charge in [-0.1, -0.05) is 35.9 Å². The van der Waals surface area contributed by atoms with Gasteiger partial charge in [-0.2, -0.15) is 0 Å². The Labute approximate surface area is 79.6 Å². The van der Waals surface area contributed by atoms with E-state index in [9.17, 15) is 0 Å². The molecule has 2 aliphatic rings. The van der Waals surface area contributed by atoms with Crippen LogP contribution in [0.3, 0.4) is 0 Å². The fraction of sp³-hybridized carbons (Fsp3) is 0.231. The molecule has 0 bridgehead atoms. The lowest BCUT2D eigenvalue weighted by molar-refractivity contribution is 1.44. The van der Waals surface area contributed by atoms with Crippen molar-refractivity contribution in [3.05, 3.63) is 47.0 Å². The van der Waals surface area contributed by atoms with E-state index in [1.807, 2.05) is 0 Å². The van der Waals surface area contributed by atoms with Crippen LogP contribution in [0.25, 0.3) is 11.1 Å². The molecule has 0 N–H and O–H groups in total. The van der Waals surface area contributed by atoms with Crippen molar-refractivity contribution in [1.82, 2.24) is 0 Å². The highest BCUT2D eigenvalue weighted by Gasteiger charge is 2.06. The highest BCUT2D eigenvalue weighted by molar-refractivity contribution is 5.73. The van der Waals surface area contributed by atoms with Crippen LogP contribution in [0.1, 0.15) is 16.7 Å². The second kappa shape index (κ2) is 2.88. The van der Waals surface area contributed by atoms with Crippen molar-refractivity contribution < 1.29 is 0 Å². The van der Waals surface area contributed by atoms with Crippen LogP contribution < -0.4 is 0 Å². The molecule has 2 rings (SSSR count). The maximum absolute atomic E-state index is 2.24. The first kappa shape index (κ1) is 8.31. The van der Waals surface area contributed by atoms with E-state index in [1.54, 1.807) is 0 Å². The van der Waals surface area contributed by atoms with Crippen molar-refractivity contribution in [3.8, 4) is 11.1 Å². The number of rotatable bonds is 0. The number of fused-ring (bicyclic) bond motifs is 1. The van der Waals surface area contributed by atoms with Gasteiger partial charge in [0.05, 0.1) is 0 Å². The Hall–Kier alpha value is -1.30. The monoisotopic (exact) mass is 170 g/mol. The third-order valence-electron chi connectivity index (χ3n) is 2.60. The summed E-state index contributed by atoms with van der Waals surface area (Å²) in [6.07, 6.45) is 0. The van der Waals surface area contributed by atoms with Crippen molar-refractivity contribution in [2.75, 3.05) is 0 Å². The normalized spacial score (nSPS) is 10.7. The molecule has 13 heavy (non-hydrogen) atoms. The zero-order chi connectivity index (χ0) is 9.42. The molecule has 0 saturated heterocycles. The summed E-state index contributed by atoms with van der Waals surface area (Å²) in [5.41, 5.74) is 6.82. The summed E-state index contributed by atoms with van der Waals surface area (Å²) in [5.74, 6) is 0. The first-order valence-electron chi connectivity index (χ1n) is 4.65. The molecular formula is C13H14. The summed E-state index contributed by atoms with van der Waals surface area (Å²) in [7, 11) is 0. The van der Waals surface area contributed by atoms with Crippen molar-refractivity contribution in [2.24, 2.45) is 0 Å². The average molecular weight is 170 g/mol. The topological polar surface area (TPSA) is 0 Å². The minimum absolute atomic E-state index is 1.33. The SMILES string of the molecule is Cc1ccc2c(C)ccc-2c(C)c1. The van der Waals surface area contributed by atoms with Gasteiger partial charge in [0.2, 0.25) is 0 Å². The predicted octanol–water partition coefficient (Wildman–Crippen LogP) is 3.72. The summed E-state index contributed by atoms with van der Waals surface area (Å²) < 4.78 is 0. The molecule has 0 heteroatoms. The van der Waals surface area contributed by atoms with Gasteiger partial charge in [-0.15, -0.1) is 0 Å². The van der Waals surface area contributed by atoms with Gasteiger partial charge in [0.1, 0.15) is 0 Å². The summed E-state index contributed by atoms with van der Waals surface area (Å²) in [6.45, 7) is 6.48. The van der Waals surface area contributed by atoms with Gasteiger partial charge in [-0.3, -0.25) is 0 Å². The van der Waals surface area contributed by atoms with Gasteiger partial charge in [0.25, 0.3) is 0 Å². The maximum Gasteiger partial charge on any atom is -0.0152 e. The Morgan fingerprint density at radius 1 is 0.692 bits per heavy atom. The van der Waals surface area contributed by atoms with Crippen LogP contribution in [0.15, 0.2) is 30.3 Å². The number of hydrogen-bond acceptors (Lipinski definition) is 0. The minimum Gasteiger partial charge on any atom is -0.0587 e. The van der Waals surface area contributed by atoms with E-state index in [0.29, 0.717) is 0 Å². The van der Waals surface area contributed by atoms with E-state index >= 15 is 0 Å². The van der Waals surface area contributed by atoms with Crippen LogP contribution in [0.2, 0.25) is 0 Å². The molecule has 2 aliphatic carbocycles. The number of hydrogen-bond donors (Lipinski definition) is 0. The Bertz CT molecular complexity index is 413. The van der Waals surface area contributed by atoms with Gasteiger partial charge in [0, 0.05) is 0 Å². The lowest BCUT2D eigenvalue weighted by Crippen LogP contribution is -1.74. The second-order valence-electron chi connectivity index (χ2n) is 3.75. The summed E-state index contributed by atoms with van der Waals surface area (Å²) in [4.78, 5) is 0. The molecule has 0 amide bonds. The van der Waals surface area contributed by atoms with Gasteiger partial charge < -0.3 is 0 Å². The largest absolute Gasteiger partial charge is 0.0587 e. The standard InChI is InChI=1S/C13H14/c1-9-4-6-12-10(2)5-7-13(12)11(3)8-9/h4-8H,1-3H3. The van der Waals surface area contributed by atoms with Gasteiger partial charge in [-0.25, -0.2) is 0 Å². The zero-order valence-corrected chi connectivity index (χ0v) is 8.39. The third-order valence-corrected chi connectivity index (χ3v) is 2.60. The molecule has 66 valence electrons. The Morgan fingerprint density at radius 3 is 2.08 bits per heavy atom. The molecule has 0 spiro atoms. The van der Waals surface area contributed by atoms with Gasteiger partial charge >= 0.3 is 0 Å². The second-order valence-corrected chi connectivity index (χ2v) is 3.75. The van der Waals surface area contributed by atoms with Crippen molar-refractivity contribution in [1.29, 1.82) is 0 Å². The van der Waals surface area contributed by atoms with Crippen LogP contribution in [-0.4, -0.2) is 0 Å². The summed E-state index contributed by atoms with van der Waals surface area (Å²) in [6, 6.07) is 11.0. The molecule has 0 fully saturated rings. The van der Waals surface area contributed by atoms with Gasteiger partial charge in [0.15, 0.2) is 0 Å². The number of aryl methyl sites for hydroxylation is 3.